The van der Waals surface area contributed by atoms with E-state index in [1.165, 1.54) is 28.7 Å². The Morgan fingerprint density at radius 3 is 2.82 bits per heavy atom. The second-order valence-electron chi connectivity index (χ2n) is 4.90. The van der Waals surface area contributed by atoms with E-state index in [1.807, 2.05) is 43.3 Å². The number of carbonyl (C=O) groups excluding carboxylic acids is 1. The van der Waals surface area contributed by atoms with Crippen molar-refractivity contribution in [2.24, 2.45) is 0 Å². The van der Waals surface area contributed by atoms with Gasteiger partial charge in [0, 0.05) is 10.6 Å². The first-order chi connectivity index (χ1) is 10.6. The first-order valence-corrected chi connectivity index (χ1v) is 8.56. The van der Waals surface area contributed by atoms with E-state index in [2.05, 4.69) is 16.4 Å². The summed E-state index contributed by atoms with van der Waals surface area (Å²) in [5.41, 5.74) is 8.46. The first-order valence-electron chi connectivity index (χ1n) is 6.75. The zero-order valence-electron chi connectivity index (χ0n) is 12.0. The molecule has 0 saturated heterocycles. The van der Waals surface area contributed by atoms with Crippen LogP contribution in [0.1, 0.15) is 5.56 Å². The average Bonchev–Trinajstić information content (AvgIpc) is 2.88. The highest BCUT2D eigenvalue weighted by Crippen LogP contribution is 2.27. The van der Waals surface area contributed by atoms with Gasteiger partial charge in [0.25, 0.3) is 0 Å². The van der Waals surface area contributed by atoms with Crippen LogP contribution in [0.5, 0.6) is 0 Å². The molecule has 2 aromatic carbocycles. The van der Waals surface area contributed by atoms with Crippen molar-refractivity contribution in [3.8, 4) is 0 Å². The summed E-state index contributed by atoms with van der Waals surface area (Å²) in [6.45, 7) is 2.04. The lowest BCUT2D eigenvalue weighted by molar-refractivity contribution is -0.113. The van der Waals surface area contributed by atoms with E-state index < -0.39 is 0 Å². The van der Waals surface area contributed by atoms with Gasteiger partial charge in [-0.2, -0.15) is 0 Å². The zero-order valence-corrected chi connectivity index (χ0v) is 13.6. The first kappa shape index (κ1) is 14.9. The van der Waals surface area contributed by atoms with Gasteiger partial charge < -0.3 is 11.1 Å². The van der Waals surface area contributed by atoms with Crippen molar-refractivity contribution in [2.45, 2.75) is 11.8 Å². The van der Waals surface area contributed by atoms with E-state index >= 15 is 0 Å². The highest BCUT2D eigenvalue weighted by Gasteiger charge is 2.08. The lowest BCUT2D eigenvalue weighted by Gasteiger charge is -2.02. The summed E-state index contributed by atoms with van der Waals surface area (Å²) in [5, 5.41) is 3.50. The van der Waals surface area contributed by atoms with Crippen LogP contribution >= 0.6 is 23.1 Å². The second kappa shape index (κ2) is 6.37. The third-order valence-corrected chi connectivity index (χ3v) is 4.99. The monoisotopic (exact) mass is 329 g/mol. The number of thiazole rings is 1. The number of anilines is 2. The Morgan fingerprint density at radius 1 is 1.27 bits per heavy atom. The van der Waals surface area contributed by atoms with Crippen molar-refractivity contribution < 1.29 is 4.79 Å². The van der Waals surface area contributed by atoms with E-state index in [-0.39, 0.29) is 5.91 Å². The van der Waals surface area contributed by atoms with Crippen molar-refractivity contribution in [1.29, 1.82) is 0 Å². The summed E-state index contributed by atoms with van der Waals surface area (Å²) in [6, 6.07) is 13.5. The highest BCUT2D eigenvalue weighted by molar-refractivity contribution is 8.00. The minimum atomic E-state index is -0.0578. The molecule has 4 nitrogen and oxygen atoms in total. The third kappa shape index (κ3) is 3.58. The molecule has 0 aliphatic heterocycles. The van der Waals surface area contributed by atoms with Gasteiger partial charge in [0.15, 0.2) is 5.13 Å². The van der Waals surface area contributed by atoms with Gasteiger partial charge in [-0.3, -0.25) is 4.79 Å². The van der Waals surface area contributed by atoms with Crippen molar-refractivity contribution in [1.82, 2.24) is 4.98 Å². The number of amides is 1. The number of thioether (sulfide) groups is 1. The molecule has 3 aromatic rings. The largest absolute Gasteiger partial charge is 0.399 e. The number of nitrogens with zero attached hydrogens (tertiary/aromatic N) is 1. The lowest BCUT2D eigenvalue weighted by Crippen LogP contribution is -2.13. The fourth-order valence-corrected chi connectivity index (χ4v) is 3.63. The van der Waals surface area contributed by atoms with E-state index in [4.69, 9.17) is 5.73 Å². The fourth-order valence-electron chi connectivity index (χ4n) is 1.95. The summed E-state index contributed by atoms with van der Waals surface area (Å²) >= 11 is 2.97. The zero-order chi connectivity index (χ0) is 15.5. The van der Waals surface area contributed by atoms with Crippen LogP contribution in [-0.4, -0.2) is 16.6 Å². The molecule has 0 atom stereocenters. The molecule has 1 amide bonds. The maximum Gasteiger partial charge on any atom is 0.236 e. The molecule has 0 spiro atoms. The van der Waals surface area contributed by atoms with Gasteiger partial charge in [-0.05, 0) is 48.9 Å². The van der Waals surface area contributed by atoms with Gasteiger partial charge in [-0.1, -0.05) is 17.4 Å². The number of hydrogen-bond acceptors (Lipinski definition) is 5. The van der Waals surface area contributed by atoms with Crippen molar-refractivity contribution in [3.05, 3.63) is 48.0 Å². The van der Waals surface area contributed by atoms with Crippen molar-refractivity contribution in [3.63, 3.8) is 0 Å². The maximum absolute atomic E-state index is 12.0. The van der Waals surface area contributed by atoms with Crippen LogP contribution < -0.4 is 11.1 Å². The SMILES string of the molecule is Cc1ccc2nc(NC(=O)CSc3ccc(N)cc3)sc2c1. The standard InChI is InChI=1S/C16H15N3OS2/c1-10-2-7-13-14(8-10)22-16(18-13)19-15(20)9-21-12-5-3-11(17)4-6-12/h2-8H,9,17H2,1H3,(H,18,19,20). The molecule has 112 valence electrons. The van der Waals surface area contributed by atoms with Gasteiger partial charge in [0.1, 0.15) is 0 Å². The number of nitrogens with one attached hydrogen (secondary N) is 1. The molecular weight excluding hydrogens is 314 g/mol. The number of aromatic nitrogens is 1. The van der Waals surface area contributed by atoms with Crippen LogP contribution in [0.4, 0.5) is 10.8 Å². The molecule has 3 N–H and O–H groups in total. The number of nitrogen functional groups attached to an aromatic ring is 1. The Kier molecular flexibility index (Phi) is 4.31. The van der Waals surface area contributed by atoms with Crippen LogP contribution in [0.25, 0.3) is 10.2 Å². The van der Waals surface area contributed by atoms with Crippen molar-refractivity contribution >= 4 is 50.0 Å². The smallest absolute Gasteiger partial charge is 0.236 e. The summed E-state index contributed by atoms with van der Waals surface area (Å²) in [6.07, 6.45) is 0. The molecule has 0 aliphatic rings. The van der Waals surface area contributed by atoms with Crippen molar-refractivity contribution in [2.75, 3.05) is 16.8 Å². The summed E-state index contributed by atoms with van der Waals surface area (Å²) in [4.78, 5) is 17.4. The average molecular weight is 329 g/mol. The molecule has 1 heterocycles. The topological polar surface area (TPSA) is 68.0 Å². The Bertz CT molecular complexity index is 812. The molecule has 22 heavy (non-hydrogen) atoms. The number of rotatable bonds is 4. The molecular formula is C16H15N3OS2. The molecule has 0 radical (unpaired) electrons. The minimum Gasteiger partial charge on any atom is -0.399 e. The molecule has 0 bridgehead atoms. The molecule has 1 aromatic heterocycles. The number of benzene rings is 2. The fraction of sp³-hybridized carbons (Fsp3) is 0.125. The number of hydrogen-bond donors (Lipinski definition) is 2. The molecule has 3 rings (SSSR count). The van der Waals surface area contributed by atoms with Gasteiger partial charge in [-0.15, -0.1) is 11.8 Å². The molecule has 0 fully saturated rings. The Labute approximate surface area is 136 Å². The number of aryl methyl sites for hydroxylation is 1. The van der Waals surface area contributed by atoms with Crippen LogP contribution in [0, 0.1) is 6.92 Å². The Balaban J connectivity index is 1.61. The molecule has 0 aliphatic carbocycles. The predicted molar refractivity (Wildman–Crippen MR) is 94.6 cm³/mol. The number of nitrogens with two attached hydrogens (primary N) is 1. The van der Waals surface area contributed by atoms with Gasteiger partial charge in [-0.25, -0.2) is 4.98 Å². The molecule has 0 saturated carbocycles. The Morgan fingerprint density at radius 2 is 2.05 bits per heavy atom. The van der Waals surface area contributed by atoms with E-state index in [9.17, 15) is 4.79 Å². The van der Waals surface area contributed by atoms with Gasteiger partial charge in [0.2, 0.25) is 5.91 Å². The van der Waals surface area contributed by atoms with E-state index in [1.54, 1.807) is 0 Å². The molecule has 0 unspecified atom stereocenters. The number of carbonyl (C=O) groups is 1. The Hall–Kier alpha value is -2.05. The second-order valence-corrected chi connectivity index (χ2v) is 6.98. The van der Waals surface area contributed by atoms with E-state index in [0.29, 0.717) is 10.9 Å². The van der Waals surface area contributed by atoms with Crippen LogP contribution in [0.2, 0.25) is 0 Å². The van der Waals surface area contributed by atoms with Gasteiger partial charge >= 0.3 is 0 Å². The summed E-state index contributed by atoms with van der Waals surface area (Å²) < 4.78 is 1.08. The minimum absolute atomic E-state index is 0.0578. The predicted octanol–water partition coefficient (Wildman–Crippen LogP) is 3.92. The van der Waals surface area contributed by atoms with E-state index in [0.717, 1.165) is 20.8 Å². The normalized spacial score (nSPS) is 10.8. The van der Waals surface area contributed by atoms with Crippen LogP contribution in [0.15, 0.2) is 47.4 Å². The summed E-state index contributed by atoms with van der Waals surface area (Å²) in [7, 11) is 0. The third-order valence-electron chi connectivity index (χ3n) is 3.04. The molecule has 6 heteroatoms. The quantitative estimate of drug-likeness (QED) is 0.562. The van der Waals surface area contributed by atoms with Gasteiger partial charge in [0.05, 0.1) is 16.0 Å². The maximum atomic E-state index is 12.0. The highest BCUT2D eigenvalue weighted by atomic mass is 32.2. The van der Waals surface area contributed by atoms with Crippen LogP contribution in [0.3, 0.4) is 0 Å². The summed E-state index contributed by atoms with van der Waals surface area (Å²) in [5.74, 6) is 0.288. The van der Waals surface area contributed by atoms with Crippen LogP contribution in [-0.2, 0) is 4.79 Å². The number of fused-ring (bicyclic) bond motifs is 1. The lowest BCUT2D eigenvalue weighted by atomic mass is 10.2.